The van der Waals surface area contributed by atoms with Gasteiger partial charge < -0.3 is 30.5 Å². The van der Waals surface area contributed by atoms with Crippen molar-refractivity contribution in [2.24, 2.45) is 0 Å². The van der Waals surface area contributed by atoms with E-state index in [2.05, 4.69) is 30.8 Å². The van der Waals surface area contributed by atoms with Gasteiger partial charge in [-0.05, 0) is 25.6 Å². The van der Waals surface area contributed by atoms with Gasteiger partial charge >= 0.3 is 6.09 Å². The van der Waals surface area contributed by atoms with Gasteiger partial charge in [-0.25, -0.2) is 19.2 Å². The van der Waals surface area contributed by atoms with Crippen LogP contribution in [0.25, 0.3) is 0 Å². The fourth-order valence-corrected chi connectivity index (χ4v) is 5.37. The number of methoxy groups -OCH3 is 1. The molecule has 1 saturated heterocycles. The molecule has 0 saturated carbocycles. The third-order valence-corrected chi connectivity index (χ3v) is 7.35. The summed E-state index contributed by atoms with van der Waals surface area (Å²) in [7, 11) is 3.31. The van der Waals surface area contributed by atoms with Gasteiger partial charge in [-0.3, -0.25) is 9.59 Å². The highest BCUT2D eigenvalue weighted by molar-refractivity contribution is 7.82. The monoisotopic (exact) mass is 535 g/mol. The molecule has 14 heteroatoms. The summed E-state index contributed by atoms with van der Waals surface area (Å²) < 4.78 is 17.9. The van der Waals surface area contributed by atoms with Crippen LogP contribution in [-0.4, -0.2) is 88.5 Å². The van der Waals surface area contributed by atoms with Crippen molar-refractivity contribution >= 4 is 52.3 Å². The maximum Gasteiger partial charge on any atom is 0.409 e. The number of amides is 3. The number of thiazole rings is 1. The first kappa shape index (κ1) is 25.9. The minimum absolute atomic E-state index is 0.121. The molecule has 0 bridgehead atoms. The lowest BCUT2D eigenvalue weighted by Gasteiger charge is -2.38. The number of likely N-dealkylation sites (tertiary alicyclic amines) is 1. The fraction of sp³-hybridized carbons (Fsp3) is 0.455. The van der Waals surface area contributed by atoms with E-state index in [0.29, 0.717) is 18.0 Å². The molecule has 3 amide bonds. The topological polar surface area (TPSA) is 129 Å². The second-order valence-corrected chi connectivity index (χ2v) is 10.0. The van der Waals surface area contributed by atoms with Crippen molar-refractivity contribution in [1.29, 1.82) is 0 Å². The highest BCUT2D eigenvalue weighted by atomic mass is 32.1. The van der Waals surface area contributed by atoms with Crippen LogP contribution in [0, 0.1) is 5.82 Å². The first-order valence-electron chi connectivity index (χ1n) is 11.3. The van der Waals surface area contributed by atoms with Gasteiger partial charge in [0.05, 0.1) is 31.1 Å². The van der Waals surface area contributed by atoms with E-state index in [9.17, 15) is 18.8 Å². The maximum atomic E-state index is 13.1. The van der Waals surface area contributed by atoms with Gasteiger partial charge in [-0.1, -0.05) is 12.2 Å². The number of hydrogen-bond donors (Lipinski definition) is 3. The molecule has 0 aromatic carbocycles. The molecule has 2 aliphatic heterocycles. The summed E-state index contributed by atoms with van der Waals surface area (Å²) in [4.78, 5) is 50.7. The highest BCUT2D eigenvalue weighted by Crippen LogP contribution is 2.25. The number of likely N-dealkylation sites (N-methyl/N-ethyl adjacent to an activating group) is 1. The number of rotatable bonds is 4. The lowest BCUT2D eigenvalue weighted by molar-refractivity contribution is -0.110. The third-order valence-electron chi connectivity index (χ3n) is 5.97. The van der Waals surface area contributed by atoms with Gasteiger partial charge in [0, 0.05) is 37.5 Å². The van der Waals surface area contributed by atoms with E-state index in [4.69, 9.17) is 17.0 Å². The van der Waals surface area contributed by atoms with E-state index in [0.717, 1.165) is 36.3 Å². The largest absolute Gasteiger partial charge is 0.453 e. The second-order valence-electron chi connectivity index (χ2n) is 8.56. The van der Waals surface area contributed by atoms with Crippen molar-refractivity contribution < 1.29 is 23.5 Å². The molecule has 0 spiro atoms. The number of aromatic nitrogens is 2. The summed E-state index contributed by atoms with van der Waals surface area (Å²) >= 11 is 6.61. The lowest BCUT2D eigenvalue weighted by Crippen LogP contribution is -2.62. The average molecular weight is 536 g/mol. The number of piperidine rings is 1. The number of carbonyl (C=O) groups excluding carboxylic acids is 3. The normalized spacial score (nSPS) is 19.7. The number of halogens is 1. The number of thiocarbonyl (C=S) groups is 1. The first-order valence-corrected chi connectivity index (χ1v) is 12.5. The van der Waals surface area contributed by atoms with Gasteiger partial charge in [0.15, 0.2) is 10.00 Å². The van der Waals surface area contributed by atoms with Crippen molar-refractivity contribution in [3.8, 4) is 0 Å². The van der Waals surface area contributed by atoms with Crippen LogP contribution in [0.1, 0.15) is 26.8 Å². The van der Waals surface area contributed by atoms with E-state index in [1.165, 1.54) is 35.5 Å². The van der Waals surface area contributed by atoms with Gasteiger partial charge in [0.25, 0.3) is 11.8 Å². The first-order chi connectivity index (χ1) is 17.2. The molecule has 4 rings (SSSR count). The predicted molar refractivity (Wildman–Crippen MR) is 134 cm³/mol. The van der Waals surface area contributed by atoms with Crippen molar-refractivity contribution in [2.75, 3.05) is 39.1 Å². The Morgan fingerprint density at radius 1 is 1.22 bits per heavy atom. The Kier molecular flexibility index (Phi) is 8.06. The summed E-state index contributed by atoms with van der Waals surface area (Å²) in [6.07, 6.45) is 1.66. The minimum atomic E-state index is -0.624. The molecule has 2 aromatic rings. The third kappa shape index (κ3) is 6.12. The number of nitrogens with zero attached hydrogens (tertiary/aromatic N) is 4. The standard InChI is InChI=1S/C22H26FN7O4S2/c1-29-7-5-14-16(11-29)36-21(27-14)19(32)25-15-10-30(22(33)34-2)8-6-13(15)26-20(35)18(31)28-17-4-3-12(23)9-24-17/h3-4,9,13,15H,5-8,10-11H2,1-2H3,(H,25,32)(H,26,35)(H,24,28,31)/t13-,15+/m0/s1. The number of fused-ring (bicyclic) bond motifs is 1. The number of hydrogen-bond acceptors (Lipinski definition) is 9. The summed E-state index contributed by atoms with van der Waals surface area (Å²) in [6, 6.07) is 1.49. The van der Waals surface area contributed by atoms with E-state index in [-0.39, 0.29) is 23.3 Å². The van der Waals surface area contributed by atoms with Crippen molar-refractivity contribution in [3.63, 3.8) is 0 Å². The van der Waals surface area contributed by atoms with Crippen LogP contribution in [0.15, 0.2) is 18.3 Å². The zero-order chi connectivity index (χ0) is 25.8. The van der Waals surface area contributed by atoms with Gasteiger partial charge in [0.2, 0.25) is 0 Å². The Hall–Kier alpha value is -3.23. The number of pyridine rings is 1. The molecule has 11 nitrogen and oxygen atoms in total. The molecule has 4 heterocycles. The molecule has 0 radical (unpaired) electrons. The predicted octanol–water partition coefficient (Wildman–Crippen LogP) is 1.16. The molecule has 36 heavy (non-hydrogen) atoms. The molecule has 3 N–H and O–H groups in total. The van der Waals surface area contributed by atoms with Gasteiger partial charge in [0.1, 0.15) is 11.6 Å². The number of nitrogens with one attached hydrogen (secondary N) is 3. The highest BCUT2D eigenvalue weighted by Gasteiger charge is 2.35. The molecule has 2 atom stereocenters. The maximum absolute atomic E-state index is 13.1. The summed E-state index contributed by atoms with van der Waals surface area (Å²) in [5, 5.41) is 8.80. The SMILES string of the molecule is COC(=O)N1CC[C@H](NC(=S)C(=O)Nc2ccc(F)cn2)[C@H](NC(=O)c2nc3c(s2)CN(C)CC3)C1. The molecular formula is C22H26FN7O4S2. The Balaban J connectivity index is 1.44. The van der Waals surface area contributed by atoms with Crippen LogP contribution in [0.2, 0.25) is 0 Å². The summed E-state index contributed by atoms with van der Waals surface area (Å²) in [5.74, 6) is -1.36. The number of ether oxygens (including phenoxy) is 1. The zero-order valence-corrected chi connectivity index (χ0v) is 21.4. The summed E-state index contributed by atoms with van der Waals surface area (Å²) in [6.45, 7) is 2.13. The van der Waals surface area contributed by atoms with Crippen LogP contribution in [0.5, 0.6) is 0 Å². The smallest absolute Gasteiger partial charge is 0.409 e. The van der Waals surface area contributed by atoms with Crippen molar-refractivity contribution in [1.82, 2.24) is 30.4 Å². The molecule has 2 aliphatic rings. The van der Waals surface area contributed by atoms with Crippen LogP contribution >= 0.6 is 23.6 Å². The Morgan fingerprint density at radius 3 is 2.75 bits per heavy atom. The number of anilines is 1. The van der Waals surface area contributed by atoms with Crippen LogP contribution in [-0.2, 0) is 22.5 Å². The van der Waals surface area contributed by atoms with E-state index in [1.54, 1.807) is 0 Å². The number of carbonyl (C=O) groups is 3. The van der Waals surface area contributed by atoms with Gasteiger partial charge in [-0.15, -0.1) is 11.3 Å². The molecular weight excluding hydrogens is 509 g/mol. The molecule has 0 aliphatic carbocycles. The van der Waals surface area contributed by atoms with Crippen LogP contribution < -0.4 is 16.0 Å². The second kappa shape index (κ2) is 11.2. The Labute approximate surface area is 216 Å². The van der Waals surface area contributed by atoms with E-state index >= 15 is 0 Å². The molecule has 2 aromatic heterocycles. The Morgan fingerprint density at radius 2 is 2.03 bits per heavy atom. The molecule has 0 unspecified atom stereocenters. The van der Waals surface area contributed by atoms with Gasteiger partial charge in [-0.2, -0.15) is 0 Å². The van der Waals surface area contributed by atoms with Crippen LogP contribution in [0.4, 0.5) is 15.0 Å². The summed E-state index contributed by atoms with van der Waals surface area (Å²) in [5.41, 5.74) is 0.935. The van der Waals surface area contributed by atoms with Crippen molar-refractivity contribution in [3.05, 3.63) is 39.7 Å². The van der Waals surface area contributed by atoms with E-state index < -0.39 is 29.9 Å². The quantitative estimate of drug-likeness (QED) is 0.494. The molecule has 1 fully saturated rings. The molecule has 192 valence electrons. The average Bonchev–Trinajstić information content (AvgIpc) is 3.29. The van der Waals surface area contributed by atoms with E-state index in [1.807, 2.05) is 7.05 Å². The van der Waals surface area contributed by atoms with Crippen LogP contribution in [0.3, 0.4) is 0 Å². The van der Waals surface area contributed by atoms with Crippen molar-refractivity contribution in [2.45, 2.75) is 31.5 Å². The fourth-order valence-electron chi connectivity index (χ4n) is 4.07. The minimum Gasteiger partial charge on any atom is -0.453 e. The lowest BCUT2D eigenvalue weighted by atomic mass is 9.99. The zero-order valence-electron chi connectivity index (χ0n) is 19.7. The Bertz CT molecular complexity index is 1160.